The first-order chi connectivity index (χ1) is 12.3. The Morgan fingerprint density at radius 1 is 1.31 bits per heavy atom. The molecule has 0 spiro atoms. The van der Waals surface area contributed by atoms with Crippen LogP contribution in [-0.2, 0) is 10.0 Å². The van der Waals surface area contributed by atoms with Crippen LogP contribution in [0, 0.1) is 13.8 Å². The van der Waals surface area contributed by atoms with Gasteiger partial charge in [0, 0.05) is 29.6 Å². The van der Waals surface area contributed by atoms with Gasteiger partial charge in [0.05, 0.1) is 11.4 Å². The number of aromatic nitrogens is 2. The molecule has 1 aliphatic heterocycles. The molecule has 1 saturated heterocycles. The van der Waals surface area contributed by atoms with Gasteiger partial charge in [-0.25, -0.2) is 8.42 Å². The highest BCUT2D eigenvalue weighted by Gasteiger charge is 2.33. The Hall–Kier alpha value is -1.22. The molecule has 0 aliphatic carbocycles. The van der Waals surface area contributed by atoms with Crippen LogP contribution in [0.25, 0.3) is 0 Å². The molecular weight excluding hydrogens is 416 g/mol. The number of sulfonamides is 1. The Bertz CT molecular complexity index is 854. The second-order valence-corrected chi connectivity index (χ2v) is 9.68. The normalized spacial score (nSPS) is 18.2. The third-order valence-electron chi connectivity index (χ3n) is 4.95. The number of piperidine rings is 1. The summed E-state index contributed by atoms with van der Waals surface area (Å²) in [5.41, 5.74) is 2.36. The lowest BCUT2D eigenvalue weighted by Crippen LogP contribution is -2.45. The van der Waals surface area contributed by atoms with Gasteiger partial charge in [-0.05, 0) is 51.3 Å². The molecule has 1 atom stereocenters. The first kappa shape index (κ1) is 19.5. The van der Waals surface area contributed by atoms with Crippen LogP contribution in [0.4, 0.5) is 0 Å². The fraction of sp³-hybridized carbons (Fsp3) is 0.500. The molecule has 0 amide bonds. The lowest BCUT2D eigenvalue weighted by atomic mass is 10.0. The number of hydrogen-bond acceptors (Lipinski definition) is 4. The van der Waals surface area contributed by atoms with Crippen molar-refractivity contribution in [3.8, 4) is 0 Å². The molecule has 2 N–H and O–H groups in total. The molecule has 0 radical (unpaired) electrons. The summed E-state index contributed by atoms with van der Waals surface area (Å²) in [7, 11) is -3.48. The fourth-order valence-corrected chi connectivity index (χ4v) is 5.76. The first-order valence-corrected chi connectivity index (χ1v) is 11.1. The standard InChI is InChI=1S/C18H25BrN4O2S/c1-12(15-5-4-6-16(19)11-15)20-17-7-9-23(10-8-17)26(24,25)18-13(2)21-22-14(18)3/h4-6,11-12,17,20H,7-10H2,1-3H3,(H,21,22)/t12-/m1/s1. The maximum atomic E-state index is 12.9. The van der Waals surface area contributed by atoms with Crippen LogP contribution in [0.15, 0.2) is 33.6 Å². The van der Waals surface area contributed by atoms with Crippen molar-refractivity contribution in [2.45, 2.75) is 50.6 Å². The number of aryl methyl sites for hydroxylation is 2. The van der Waals surface area contributed by atoms with Crippen molar-refractivity contribution in [3.63, 3.8) is 0 Å². The Morgan fingerprint density at radius 3 is 2.58 bits per heavy atom. The lowest BCUT2D eigenvalue weighted by Gasteiger charge is -2.33. The average Bonchev–Trinajstić information content (AvgIpc) is 2.94. The summed E-state index contributed by atoms with van der Waals surface area (Å²) in [6.45, 7) is 6.67. The quantitative estimate of drug-likeness (QED) is 0.747. The third kappa shape index (κ3) is 4.03. The van der Waals surface area contributed by atoms with Crippen molar-refractivity contribution in [2.75, 3.05) is 13.1 Å². The Morgan fingerprint density at radius 2 is 2.00 bits per heavy atom. The highest BCUT2D eigenvalue weighted by atomic mass is 79.9. The number of nitrogens with zero attached hydrogens (tertiary/aromatic N) is 2. The van der Waals surface area contributed by atoms with Crippen LogP contribution >= 0.6 is 15.9 Å². The van der Waals surface area contributed by atoms with E-state index >= 15 is 0 Å². The fourth-order valence-electron chi connectivity index (χ4n) is 3.54. The zero-order valence-corrected chi connectivity index (χ0v) is 17.7. The van der Waals surface area contributed by atoms with Gasteiger partial charge in [-0.1, -0.05) is 28.1 Å². The van der Waals surface area contributed by atoms with Gasteiger partial charge in [0.1, 0.15) is 4.90 Å². The summed E-state index contributed by atoms with van der Waals surface area (Å²) in [5.74, 6) is 0. The molecule has 1 fully saturated rings. The van der Waals surface area contributed by atoms with Gasteiger partial charge in [-0.2, -0.15) is 9.40 Å². The highest BCUT2D eigenvalue weighted by Crippen LogP contribution is 2.26. The van der Waals surface area contributed by atoms with Crippen LogP contribution < -0.4 is 5.32 Å². The van der Waals surface area contributed by atoms with Crippen molar-refractivity contribution < 1.29 is 8.42 Å². The molecule has 142 valence electrons. The minimum atomic E-state index is -3.48. The van der Waals surface area contributed by atoms with Crippen LogP contribution in [-0.4, -0.2) is 42.1 Å². The molecule has 2 aromatic rings. The Kier molecular flexibility index (Phi) is 5.86. The highest BCUT2D eigenvalue weighted by molar-refractivity contribution is 9.10. The van der Waals surface area contributed by atoms with Crippen LogP contribution in [0.1, 0.15) is 42.8 Å². The van der Waals surface area contributed by atoms with Gasteiger partial charge < -0.3 is 5.32 Å². The molecule has 8 heteroatoms. The van der Waals surface area contributed by atoms with E-state index in [1.54, 1.807) is 18.2 Å². The maximum absolute atomic E-state index is 12.9. The SMILES string of the molecule is Cc1n[nH]c(C)c1S(=O)(=O)N1CCC(N[C@H](C)c2cccc(Br)c2)CC1. The predicted octanol–water partition coefficient (Wildman–Crippen LogP) is 3.29. The lowest BCUT2D eigenvalue weighted by molar-refractivity contribution is 0.277. The van der Waals surface area contributed by atoms with Crippen molar-refractivity contribution in [1.82, 2.24) is 19.8 Å². The molecule has 0 bridgehead atoms. The van der Waals surface area contributed by atoms with E-state index in [2.05, 4.69) is 50.5 Å². The van der Waals surface area contributed by atoms with Crippen molar-refractivity contribution in [2.24, 2.45) is 0 Å². The maximum Gasteiger partial charge on any atom is 0.246 e. The van der Waals surface area contributed by atoms with Crippen LogP contribution in [0.3, 0.4) is 0 Å². The van der Waals surface area contributed by atoms with E-state index in [0.29, 0.717) is 35.4 Å². The minimum Gasteiger partial charge on any atom is -0.307 e. The summed E-state index contributed by atoms with van der Waals surface area (Å²) < 4.78 is 28.5. The van der Waals surface area contributed by atoms with Gasteiger partial charge in [0.25, 0.3) is 0 Å². The molecule has 0 unspecified atom stereocenters. The number of benzene rings is 1. The van der Waals surface area contributed by atoms with E-state index in [1.807, 2.05) is 12.1 Å². The summed E-state index contributed by atoms with van der Waals surface area (Å²) >= 11 is 3.51. The molecule has 0 saturated carbocycles. The van der Waals surface area contributed by atoms with E-state index in [9.17, 15) is 8.42 Å². The predicted molar refractivity (Wildman–Crippen MR) is 106 cm³/mol. The van der Waals surface area contributed by atoms with Crippen LogP contribution in [0.5, 0.6) is 0 Å². The van der Waals surface area contributed by atoms with Gasteiger partial charge in [0.15, 0.2) is 0 Å². The average molecular weight is 441 g/mol. The number of hydrogen-bond donors (Lipinski definition) is 2. The topological polar surface area (TPSA) is 78.1 Å². The third-order valence-corrected chi connectivity index (χ3v) is 7.60. The van der Waals surface area contributed by atoms with Gasteiger partial charge in [-0.15, -0.1) is 0 Å². The molecule has 3 rings (SSSR count). The monoisotopic (exact) mass is 440 g/mol. The van der Waals surface area contributed by atoms with E-state index in [1.165, 1.54) is 5.56 Å². The van der Waals surface area contributed by atoms with E-state index in [0.717, 1.165) is 17.3 Å². The van der Waals surface area contributed by atoms with Crippen molar-refractivity contribution in [3.05, 3.63) is 45.7 Å². The van der Waals surface area contributed by atoms with Crippen molar-refractivity contribution in [1.29, 1.82) is 0 Å². The molecular formula is C18H25BrN4O2S. The van der Waals surface area contributed by atoms with E-state index in [4.69, 9.17) is 0 Å². The molecule has 6 nitrogen and oxygen atoms in total. The first-order valence-electron chi connectivity index (χ1n) is 8.82. The van der Waals surface area contributed by atoms with Crippen LogP contribution in [0.2, 0.25) is 0 Å². The van der Waals surface area contributed by atoms with Gasteiger partial charge in [0.2, 0.25) is 10.0 Å². The minimum absolute atomic E-state index is 0.221. The number of nitrogens with one attached hydrogen (secondary N) is 2. The van der Waals surface area contributed by atoms with Crippen molar-refractivity contribution >= 4 is 26.0 Å². The Labute approximate surface area is 163 Å². The van der Waals surface area contributed by atoms with Gasteiger partial charge >= 0.3 is 0 Å². The zero-order chi connectivity index (χ0) is 18.9. The van der Waals surface area contributed by atoms with E-state index < -0.39 is 10.0 Å². The molecule has 1 aliphatic rings. The smallest absolute Gasteiger partial charge is 0.246 e. The molecule has 2 heterocycles. The number of halogens is 1. The number of aromatic amines is 1. The zero-order valence-electron chi connectivity index (χ0n) is 15.3. The largest absolute Gasteiger partial charge is 0.307 e. The van der Waals surface area contributed by atoms with Gasteiger partial charge in [-0.3, -0.25) is 5.10 Å². The molecule has 26 heavy (non-hydrogen) atoms. The number of rotatable bonds is 5. The second kappa shape index (κ2) is 7.80. The summed E-state index contributed by atoms with van der Waals surface area (Å²) in [4.78, 5) is 0.325. The second-order valence-electron chi connectivity index (χ2n) is 6.88. The number of H-pyrrole nitrogens is 1. The molecule has 1 aromatic carbocycles. The molecule has 1 aromatic heterocycles. The summed E-state index contributed by atoms with van der Waals surface area (Å²) in [5, 5.41) is 10.4. The summed E-state index contributed by atoms with van der Waals surface area (Å²) in [6, 6.07) is 8.79. The Balaban J connectivity index is 1.62. The summed E-state index contributed by atoms with van der Waals surface area (Å²) in [6.07, 6.45) is 1.60. The van der Waals surface area contributed by atoms with E-state index in [-0.39, 0.29) is 6.04 Å².